The molecule has 0 saturated carbocycles. The van der Waals surface area contributed by atoms with Gasteiger partial charge in [-0.05, 0) is 30.7 Å². The minimum atomic E-state index is 0.534. The van der Waals surface area contributed by atoms with Crippen molar-refractivity contribution >= 4 is 10.9 Å². The molecule has 0 bridgehead atoms. The topological polar surface area (TPSA) is 24.9 Å². The number of hydrogen-bond acceptors (Lipinski definition) is 2. The molecule has 1 aromatic heterocycles. The Morgan fingerprint density at radius 2 is 2.14 bits per heavy atom. The van der Waals surface area contributed by atoms with E-state index in [0.717, 1.165) is 12.1 Å². The molecule has 0 amide bonds. The lowest BCUT2D eigenvalue weighted by Crippen LogP contribution is -2.34. The highest BCUT2D eigenvalue weighted by Crippen LogP contribution is 2.24. The van der Waals surface area contributed by atoms with E-state index >= 15 is 0 Å². The molecule has 1 saturated heterocycles. The van der Waals surface area contributed by atoms with E-state index in [9.17, 15) is 0 Å². The molecule has 2 heterocycles. The van der Waals surface area contributed by atoms with Crippen LogP contribution in [0.1, 0.15) is 18.0 Å². The Morgan fingerprint density at radius 1 is 1.29 bits per heavy atom. The van der Waals surface area contributed by atoms with Crippen molar-refractivity contribution in [3.63, 3.8) is 0 Å². The van der Waals surface area contributed by atoms with Crippen molar-refractivity contribution in [3.8, 4) is 0 Å². The van der Waals surface area contributed by atoms with Crippen LogP contribution in [0.3, 0.4) is 0 Å². The second-order valence-electron chi connectivity index (χ2n) is 3.76. The smallest absolute Gasteiger partial charge is 0.0702 e. The second-order valence-corrected chi connectivity index (χ2v) is 3.76. The van der Waals surface area contributed by atoms with Gasteiger partial charge >= 0.3 is 0 Å². The van der Waals surface area contributed by atoms with Crippen molar-refractivity contribution in [2.24, 2.45) is 0 Å². The maximum atomic E-state index is 4.44. The lowest BCUT2D eigenvalue weighted by molar-refractivity contribution is 0.383. The van der Waals surface area contributed by atoms with Gasteiger partial charge in [-0.3, -0.25) is 4.98 Å². The molecule has 70 valence electrons. The van der Waals surface area contributed by atoms with E-state index in [1.165, 1.54) is 17.4 Å². The fraction of sp³-hybridized carbons (Fsp3) is 0.250. The first-order chi connectivity index (χ1) is 6.93. The lowest BCUT2D eigenvalue weighted by Gasteiger charge is -2.27. The lowest BCUT2D eigenvalue weighted by atomic mass is 9.98. The molecule has 2 aromatic rings. The van der Waals surface area contributed by atoms with Gasteiger partial charge < -0.3 is 5.32 Å². The molecule has 3 rings (SSSR count). The zero-order valence-electron chi connectivity index (χ0n) is 7.90. The van der Waals surface area contributed by atoms with Crippen LogP contribution in [-0.2, 0) is 0 Å². The number of nitrogens with one attached hydrogen (secondary N) is 1. The van der Waals surface area contributed by atoms with Crippen molar-refractivity contribution < 1.29 is 0 Å². The third-order valence-electron chi connectivity index (χ3n) is 2.84. The Kier molecular flexibility index (Phi) is 1.74. The van der Waals surface area contributed by atoms with Gasteiger partial charge in [0.15, 0.2) is 0 Å². The van der Waals surface area contributed by atoms with Gasteiger partial charge in [-0.2, -0.15) is 0 Å². The molecule has 14 heavy (non-hydrogen) atoms. The van der Waals surface area contributed by atoms with Crippen LogP contribution >= 0.6 is 0 Å². The van der Waals surface area contributed by atoms with E-state index in [1.54, 1.807) is 0 Å². The van der Waals surface area contributed by atoms with Crippen LogP contribution in [0.5, 0.6) is 0 Å². The second kappa shape index (κ2) is 3.07. The molecule has 0 spiro atoms. The van der Waals surface area contributed by atoms with E-state index in [-0.39, 0.29) is 0 Å². The minimum absolute atomic E-state index is 0.534. The van der Waals surface area contributed by atoms with E-state index in [2.05, 4.69) is 28.5 Å². The summed E-state index contributed by atoms with van der Waals surface area (Å²) in [5.74, 6) is 0. The third-order valence-corrected chi connectivity index (χ3v) is 2.84. The summed E-state index contributed by atoms with van der Waals surface area (Å²) in [4.78, 5) is 4.44. The van der Waals surface area contributed by atoms with Gasteiger partial charge in [-0.15, -0.1) is 0 Å². The Hall–Kier alpha value is -1.41. The first-order valence-corrected chi connectivity index (χ1v) is 5.01. The van der Waals surface area contributed by atoms with Gasteiger partial charge in [0.25, 0.3) is 0 Å². The number of para-hydroxylation sites is 1. The monoisotopic (exact) mass is 184 g/mol. The Bertz CT molecular complexity index is 461. The SMILES string of the molecule is c1ccc2ncc(C3CCN3)cc2c1. The first kappa shape index (κ1) is 7.94. The molecule has 1 aliphatic rings. The normalized spacial score (nSPS) is 20.7. The van der Waals surface area contributed by atoms with E-state index in [0.29, 0.717) is 6.04 Å². The van der Waals surface area contributed by atoms with Crippen LogP contribution < -0.4 is 5.32 Å². The molecule has 1 atom stereocenters. The molecular weight excluding hydrogens is 172 g/mol. The van der Waals surface area contributed by atoms with Crippen LogP contribution in [0.25, 0.3) is 10.9 Å². The number of nitrogens with zero attached hydrogens (tertiary/aromatic N) is 1. The summed E-state index contributed by atoms with van der Waals surface area (Å²) in [7, 11) is 0. The quantitative estimate of drug-likeness (QED) is 0.735. The number of benzene rings is 1. The number of rotatable bonds is 1. The molecule has 0 aliphatic carbocycles. The fourth-order valence-electron chi connectivity index (χ4n) is 1.85. The minimum Gasteiger partial charge on any atom is -0.310 e. The van der Waals surface area contributed by atoms with Crippen LogP contribution in [0, 0.1) is 0 Å². The first-order valence-electron chi connectivity index (χ1n) is 5.01. The van der Waals surface area contributed by atoms with Crippen LogP contribution in [0.4, 0.5) is 0 Å². The molecule has 1 aromatic carbocycles. The van der Waals surface area contributed by atoms with Gasteiger partial charge in [0.2, 0.25) is 0 Å². The number of fused-ring (bicyclic) bond motifs is 1. The maximum absolute atomic E-state index is 4.44. The molecule has 2 nitrogen and oxygen atoms in total. The van der Waals surface area contributed by atoms with Gasteiger partial charge in [0, 0.05) is 17.6 Å². The molecule has 1 N–H and O–H groups in total. The maximum Gasteiger partial charge on any atom is 0.0702 e. The highest BCUT2D eigenvalue weighted by molar-refractivity contribution is 5.78. The zero-order valence-corrected chi connectivity index (χ0v) is 7.90. The van der Waals surface area contributed by atoms with Gasteiger partial charge in [0.1, 0.15) is 0 Å². The Balaban J connectivity index is 2.10. The summed E-state index contributed by atoms with van der Waals surface area (Å²) < 4.78 is 0. The standard InChI is InChI=1S/C12H12N2/c1-2-4-11-9(3-1)7-10(8-14-11)12-5-6-13-12/h1-4,7-8,12-13H,5-6H2. The molecule has 1 aliphatic heterocycles. The number of aromatic nitrogens is 1. The van der Waals surface area contributed by atoms with Crippen molar-refractivity contribution in [1.29, 1.82) is 0 Å². The summed E-state index contributed by atoms with van der Waals surface area (Å²) in [5.41, 5.74) is 2.39. The van der Waals surface area contributed by atoms with Crippen molar-refractivity contribution in [2.75, 3.05) is 6.54 Å². The van der Waals surface area contributed by atoms with Gasteiger partial charge in [-0.25, -0.2) is 0 Å². The summed E-state index contributed by atoms with van der Waals surface area (Å²) in [6, 6.07) is 11.0. The van der Waals surface area contributed by atoms with Crippen LogP contribution in [0.2, 0.25) is 0 Å². The number of hydrogen-bond donors (Lipinski definition) is 1. The Labute approximate surface area is 83.0 Å². The third kappa shape index (κ3) is 1.19. The predicted molar refractivity (Wildman–Crippen MR) is 57.1 cm³/mol. The summed E-state index contributed by atoms with van der Waals surface area (Å²) in [6.07, 6.45) is 3.22. The fourth-order valence-corrected chi connectivity index (χ4v) is 1.85. The predicted octanol–water partition coefficient (Wildman–Crippen LogP) is 2.27. The summed E-state index contributed by atoms with van der Waals surface area (Å²) >= 11 is 0. The van der Waals surface area contributed by atoms with Crippen LogP contribution in [-0.4, -0.2) is 11.5 Å². The molecule has 1 unspecified atom stereocenters. The van der Waals surface area contributed by atoms with Crippen LogP contribution in [0.15, 0.2) is 36.5 Å². The van der Waals surface area contributed by atoms with Crippen molar-refractivity contribution in [1.82, 2.24) is 10.3 Å². The average Bonchev–Trinajstić information content (AvgIpc) is 2.15. The Morgan fingerprint density at radius 3 is 2.93 bits per heavy atom. The molecule has 2 heteroatoms. The van der Waals surface area contributed by atoms with E-state index < -0.39 is 0 Å². The van der Waals surface area contributed by atoms with E-state index in [4.69, 9.17) is 0 Å². The number of pyridine rings is 1. The average molecular weight is 184 g/mol. The zero-order chi connectivity index (χ0) is 9.38. The molecule has 0 radical (unpaired) electrons. The molecule has 1 fully saturated rings. The highest BCUT2D eigenvalue weighted by Gasteiger charge is 2.18. The van der Waals surface area contributed by atoms with Gasteiger partial charge in [0.05, 0.1) is 5.52 Å². The summed E-state index contributed by atoms with van der Waals surface area (Å²) in [6.45, 7) is 1.14. The van der Waals surface area contributed by atoms with Crippen molar-refractivity contribution in [2.45, 2.75) is 12.5 Å². The van der Waals surface area contributed by atoms with Gasteiger partial charge in [-0.1, -0.05) is 18.2 Å². The largest absolute Gasteiger partial charge is 0.310 e. The molecular formula is C12H12N2. The van der Waals surface area contributed by atoms with E-state index in [1.807, 2.05) is 18.3 Å². The summed E-state index contributed by atoms with van der Waals surface area (Å²) in [5, 5.41) is 4.62. The van der Waals surface area contributed by atoms with Crippen molar-refractivity contribution in [3.05, 3.63) is 42.1 Å². The highest BCUT2D eigenvalue weighted by atomic mass is 15.0.